The van der Waals surface area contributed by atoms with Gasteiger partial charge in [-0.05, 0) is 104 Å². The van der Waals surface area contributed by atoms with E-state index in [1.165, 1.54) is 161 Å². The normalized spacial score (nSPS) is 13.0. The third-order valence-electron chi connectivity index (χ3n) is 8.99. The summed E-state index contributed by atoms with van der Waals surface area (Å²) in [6, 6.07) is 0. The molecule has 0 radical (unpaired) electrons. The van der Waals surface area contributed by atoms with Gasteiger partial charge in [-0.25, -0.2) is 0 Å². The predicted octanol–water partition coefficient (Wildman–Crippen LogP) is 14.8. The lowest BCUT2D eigenvalue weighted by atomic mass is 10.0. The van der Waals surface area contributed by atoms with Gasteiger partial charge in [0.15, 0.2) is 5.12 Å². The van der Waals surface area contributed by atoms with Crippen molar-refractivity contribution in [3.05, 3.63) is 48.6 Å². The van der Waals surface area contributed by atoms with E-state index in [-0.39, 0.29) is 0 Å². The van der Waals surface area contributed by atoms with E-state index < -0.39 is 0 Å². The van der Waals surface area contributed by atoms with E-state index in [1.807, 2.05) is 0 Å². The van der Waals surface area contributed by atoms with Crippen LogP contribution in [0.4, 0.5) is 0 Å². The van der Waals surface area contributed by atoms with Gasteiger partial charge < -0.3 is 4.90 Å². The molecule has 274 valence electrons. The molecule has 2 nitrogen and oxygen atoms in total. The minimum Gasteiger partial charge on any atom is -0.309 e. The highest BCUT2D eigenvalue weighted by atomic mass is 32.2. The second-order valence-electron chi connectivity index (χ2n) is 14.1. The first-order chi connectivity index (χ1) is 23.1. The maximum atomic E-state index is 12.7. The molecule has 0 amide bonds. The molecule has 0 aliphatic heterocycles. The third kappa shape index (κ3) is 39.3. The zero-order valence-electron chi connectivity index (χ0n) is 32.2. The van der Waals surface area contributed by atoms with Crippen molar-refractivity contribution in [1.29, 1.82) is 0 Å². The standard InChI is InChI=1S/C44H81NOS/c1-5-7-9-11-13-15-17-19-21-23-25-27-29-31-33-35-37-40-43(47-44(46)41-38-42-45(3)4)39-36-34-32-30-28-26-24-22-20-18-16-14-12-10-8-6-2/h13-16,19-22,43H,5-12,17-18,23-42H2,1-4H3. The topological polar surface area (TPSA) is 20.3 Å². The quantitative estimate of drug-likeness (QED) is 0.0488. The van der Waals surface area contributed by atoms with E-state index in [9.17, 15) is 4.79 Å². The van der Waals surface area contributed by atoms with Gasteiger partial charge in [0.05, 0.1) is 0 Å². The van der Waals surface area contributed by atoms with E-state index in [1.54, 1.807) is 11.8 Å². The fourth-order valence-electron chi connectivity index (χ4n) is 5.94. The summed E-state index contributed by atoms with van der Waals surface area (Å²) in [5, 5.41) is 0.958. The second-order valence-corrected chi connectivity index (χ2v) is 15.5. The molecule has 1 unspecified atom stereocenters. The number of hydrogen-bond acceptors (Lipinski definition) is 3. The van der Waals surface area contributed by atoms with Gasteiger partial charge in [-0.3, -0.25) is 4.79 Å². The van der Waals surface area contributed by atoms with Crippen LogP contribution in [-0.4, -0.2) is 35.9 Å². The number of rotatable bonds is 36. The Balaban J connectivity index is 3.99. The van der Waals surface area contributed by atoms with Crippen LogP contribution in [0, 0.1) is 0 Å². The predicted molar refractivity (Wildman–Crippen MR) is 217 cm³/mol. The number of carbonyl (C=O) groups excluding carboxylic acids is 1. The summed E-state index contributed by atoms with van der Waals surface area (Å²) in [6.07, 6.45) is 55.5. The Bertz CT molecular complexity index is 752. The van der Waals surface area contributed by atoms with Gasteiger partial charge >= 0.3 is 0 Å². The first-order valence-corrected chi connectivity index (χ1v) is 21.4. The fraction of sp³-hybridized carbons (Fsp3) is 0.795. The Morgan fingerprint density at radius 3 is 1.23 bits per heavy atom. The summed E-state index contributed by atoms with van der Waals surface area (Å²) in [5.74, 6) is 0. The lowest BCUT2D eigenvalue weighted by molar-refractivity contribution is -0.111. The molecule has 1 atom stereocenters. The summed E-state index contributed by atoms with van der Waals surface area (Å²) in [6.45, 7) is 5.54. The van der Waals surface area contributed by atoms with Crippen LogP contribution >= 0.6 is 11.8 Å². The van der Waals surface area contributed by atoms with Crippen LogP contribution in [0.25, 0.3) is 0 Å². The highest BCUT2D eigenvalue weighted by Gasteiger charge is 2.14. The Morgan fingerprint density at radius 2 is 0.851 bits per heavy atom. The molecule has 0 saturated carbocycles. The minimum absolute atomic E-state index is 0.425. The molecule has 0 N–H and O–H groups in total. The lowest BCUT2D eigenvalue weighted by Crippen LogP contribution is -2.14. The Hall–Kier alpha value is -1.06. The largest absolute Gasteiger partial charge is 0.309 e. The van der Waals surface area contributed by atoms with Gasteiger partial charge in [0.25, 0.3) is 0 Å². The van der Waals surface area contributed by atoms with Crippen molar-refractivity contribution >= 4 is 16.9 Å². The molecule has 0 saturated heterocycles. The van der Waals surface area contributed by atoms with Crippen molar-refractivity contribution in [3.63, 3.8) is 0 Å². The van der Waals surface area contributed by atoms with Gasteiger partial charge in [-0.1, -0.05) is 171 Å². The summed E-state index contributed by atoms with van der Waals surface area (Å²) < 4.78 is 0. The van der Waals surface area contributed by atoms with Crippen molar-refractivity contribution in [2.45, 2.75) is 205 Å². The van der Waals surface area contributed by atoms with E-state index in [0.29, 0.717) is 10.4 Å². The zero-order chi connectivity index (χ0) is 34.3. The molecule has 0 aliphatic carbocycles. The van der Waals surface area contributed by atoms with Crippen LogP contribution in [0.3, 0.4) is 0 Å². The third-order valence-corrected chi connectivity index (χ3v) is 10.3. The molecule has 0 rings (SSSR count). The minimum atomic E-state index is 0.425. The number of thioether (sulfide) groups is 1. The van der Waals surface area contributed by atoms with Crippen LogP contribution < -0.4 is 0 Å². The van der Waals surface area contributed by atoms with Crippen molar-refractivity contribution in [1.82, 2.24) is 4.90 Å². The first-order valence-electron chi connectivity index (χ1n) is 20.5. The molecule has 0 bridgehead atoms. The molecular formula is C44H81NOS. The van der Waals surface area contributed by atoms with Crippen LogP contribution in [0.1, 0.15) is 200 Å². The molecule has 0 fully saturated rings. The monoisotopic (exact) mass is 672 g/mol. The van der Waals surface area contributed by atoms with Crippen molar-refractivity contribution in [2.24, 2.45) is 0 Å². The number of hydrogen-bond donors (Lipinski definition) is 0. The molecule has 0 aliphatic rings. The maximum absolute atomic E-state index is 12.7. The molecule has 3 heteroatoms. The van der Waals surface area contributed by atoms with Crippen molar-refractivity contribution in [2.75, 3.05) is 20.6 Å². The Morgan fingerprint density at radius 1 is 0.489 bits per heavy atom. The molecule has 0 spiro atoms. The average Bonchev–Trinajstić information content (AvgIpc) is 3.05. The van der Waals surface area contributed by atoms with Gasteiger partial charge in [-0.15, -0.1) is 0 Å². The first kappa shape index (κ1) is 45.9. The Labute approximate surface area is 300 Å². The van der Waals surface area contributed by atoms with Crippen molar-refractivity contribution < 1.29 is 4.79 Å². The number of nitrogens with zero attached hydrogens (tertiary/aromatic N) is 1. The molecule has 0 heterocycles. The molecule has 0 aromatic carbocycles. The smallest absolute Gasteiger partial charge is 0.189 e. The Kier molecular flexibility index (Phi) is 38.5. The maximum Gasteiger partial charge on any atom is 0.189 e. The van der Waals surface area contributed by atoms with E-state index in [0.717, 1.165) is 32.2 Å². The number of carbonyl (C=O) groups is 1. The summed E-state index contributed by atoms with van der Waals surface area (Å²) in [4.78, 5) is 14.9. The SMILES string of the molecule is CCCCCC=CCC=CCCCCCCCCCC(CCCCCCCCC=CCC=CCCCCC)SC(=O)CCCN(C)C. The molecule has 0 aromatic heterocycles. The summed E-state index contributed by atoms with van der Waals surface area (Å²) in [7, 11) is 4.19. The highest BCUT2D eigenvalue weighted by molar-refractivity contribution is 8.14. The highest BCUT2D eigenvalue weighted by Crippen LogP contribution is 2.26. The van der Waals surface area contributed by atoms with E-state index in [2.05, 4.69) is 81.5 Å². The average molecular weight is 672 g/mol. The van der Waals surface area contributed by atoms with Crippen LogP contribution in [-0.2, 0) is 4.79 Å². The van der Waals surface area contributed by atoms with Crippen molar-refractivity contribution in [3.8, 4) is 0 Å². The van der Waals surface area contributed by atoms with Crippen LogP contribution in [0.5, 0.6) is 0 Å². The lowest BCUT2D eigenvalue weighted by Gasteiger charge is -2.16. The van der Waals surface area contributed by atoms with Gasteiger partial charge in [-0.2, -0.15) is 0 Å². The zero-order valence-corrected chi connectivity index (χ0v) is 33.0. The molecule has 47 heavy (non-hydrogen) atoms. The van der Waals surface area contributed by atoms with Gasteiger partial charge in [0, 0.05) is 11.7 Å². The van der Waals surface area contributed by atoms with Gasteiger partial charge in [0.1, 0.15) is 0 Å². The number of allylic oxidation sites excluding steroid dienone is 8. The summed E-state index contributed by atoms with van der Waals surface area (Å²) >= 11 is 1.69. The number of unbranched alkanes of at least 4 members (excludes halogenated alkanes) is 19. The van der Waals surface area contributed by atoms with Crippen LogP contribution in [0.15, 0.2) is 48.6 Å². The molecular weight excluding hydrogens is 591 g/mol. The summed E-state index contributed by atoms with van der Waals surface area (Å²) in [5.41, 5.74) is 0. The molecule has 0 aromatic rings. The van der Waals surface area contributed by atoms with Crippen LogP contribution in [0.2, 0.25) is 0 Å². The fourth-order valence-corrected chi connectivity index (χ4v) is 7.15. The second kappa shape index (κ2) is 39.4. The van der Waals surface area contributed by atoms with Gasteiger partial charge in [0.2, 0.25) is 0 Å². The van der Waals surface area contributed by atoms with E-state index in [4.69, 9.17) is 0 Å². The van der Waals surface area contributed by atoms with E-state index >= 15 is 0 Å².